The molecule has 1 heterocycles. The number of aliphatic hydroxyl groups is 1. The molecule has 1 aromatic carbocycles. The summed E-state index contributed by atoms with van der Waals surface area (Å²) < 4.78 is 10.4. The number of rotatable bonds is 6. The molecule has 2 atom stereocenters. The van der Waals surface area contributed by atoms with Gasteiger partial charge in [-0.1, -0.05) is 0 Å². The number of amides is 1. The summed E-state index contributed by atoms with van der Waals surface area (Å²) in [6.07, 6.45) is -0.00177. The standard InChI is InChI=1S/C15H22N2O4.ClH/c1-20-11-3-4-14(21-2)12(7-11)13(18)9-17-15(19)10-5-6-16-8-10;/h3-4,7,10,13,16,18H,5-6,8-9H2,1-2H3,(H,17,19);1H. The van der Waals surface area contributed by atoms with E-state index in [4.69, 9.17) is 9.47 Å². The van der Waals surface area contributed by atoms with Gasteiger partial charge < -0.3 is 25.2 Å². The van der Waals surface area contributed by atoms with E-state index in [1.54, 1.807) is 32.4 Å². The monoisotopic (exact) mass is 330 g/mol. The molecule has 0 radical (unpaired) electrons. The number of carbonyl (C=O) groups is 1. The van der Waals surface area contributed by atoms with E-state index in [0.717, 1.165) is 13.0 Å². The first-order chi connectivity index (χ1) is 10.2. The number of ether oxygens (including phenoxy) is 2. The number of hydrogen-bond donors (Lipinski definition) is 3. The molecule has 1 aliphatic heterocycles. The van der Waals surface area contributed by atoms with E-state index in [-0.39, 0.29) is 30.8 Å². The van der Waals surface area contributed by atoms with Gasteiger partial charge >= 0.3 is 0 Å². The molecular weight excluding hydrogens is 308 g/mol. The molecule has 0 spiro atoms. The van der Waals surface area contributed by atoms with E-state index < -0.39 is 6.10 Å². The lowest BCUT2D eigenvalue weighted by molar-refractivity contribution is -0.124. The van der Waals surface area contributed by atoms with Crippen LogP contribution in [0.5, 0.6) is 11.5 Å². The fourth-order valence-electron chi connectivity index (χ4n) is 2.43. The lowest BCUT2D eigenvalue weighted by Crippen LogP contribution is -2.34. The van der Waals surface area contributed by atoms with Crippen LogP contribution in [0.3, 0.4) is 0 Å². The summed E-state index contributed by atoms with van der Waals surface area (Å²) in [5.41, 5.74) is 0.599. The maximum Gasteiger partial charge on any atom is 0.224 e. The highest BCUT2D eigenvalue weighted by Crippen LogP contribution is 2.29. The van der Waals surface area contributed by atoms with Gasteiger partial charge in [0, 0.05) is 18.7 Å². The Kier molecular flexibility index (Phi) is 7.44. The summed E-state index contributed by atoms with van der Waals surface area (Å²) in [5.74, 6) is 1.17. The minimum atomic E-state index is -0.839. The van der Waals surface area contributed by atoms with Crippen LogP contribution >= 0.6 is 12.4 Å². The van der Waals surface area contributed by atoms with Gasteiger partial charge in [-0.2, -0.15) is 0 Å². The van der Waals surface area contributed by atoms with Gasteiger partial charge in [0.15, 0.2) is 0 Å². The summed E-state index contributed by atoms with van der Waals surface area (Å²) in [6.45, 7) is 1.72. The molecule has 0 aliphatic carbocycles. The first kappa shape index (κ1) is 18.5. The second kappa shape index (κ2) is 8.82. The van der Waals surface area contributed by atoms with Crippen LogP contribution in [-0.4, -0.2) is 44.9 Å². The number of carbonyl (C=O) groups excluding carboxylic acids is 1. The lowest BCUT2D eigenvalue weighted by Gasteiger charge is -2.17. The minimum absolute atomic E-state index is 0. The van der Waals surface area contributed by atoms with Crippen molar-refractivity contribution in [1.82, 2.24) is 10.6 Å². The number of benzene rings is 1. The van der Waals surface area contributed by atoms with Crippen LogP contribution in [0.25, 0.3) is 0 Å². The molecule has 124 valence electrons. The van der Waals surface area contributed by atoms with Gasteiger partial charge in [-0.05, 0) is 31.2 Å². The number of halogens is 1. The Hall–Kier alpha value is -1.50. The fraction of sp³-hybridized carbons (Fsp3) is 0.533. The van der Waals surface area contributed by atoms with Crippen LogP contribution in [0.2, 0.25) is 0 Å². The van der Waals surface area contributed by atoms with E-state index in [1.165, 1.54) is 0 Å². The van der Waals surface area contributed by atoms with Gasteiger partial charge in [0.2, 0.25) is 5.91 Å². The van der Waals surface area contributed by atoms with Gasteiger partial charge in [-0.25, -0.2) is 0 Å². The largest absolute Gasteiger partial charge is 0.497 e. The van der Waals surface area contributed by atoms with Crippen LogP contribution in [0.15, 0.2) is 18.2 Å². The molecule has 22 heavy (non-hydrogen) atoms. The number of methoxy groups -OCH3 is 2. The molecule has 6 nitrogen and oxygen atoms in total. The van der Waals surface area contributed by atoms with Crippen molar-refractivity contribution < 1.29 is 19.4 Å². The molecule has 1 aliphatic rings. The molecule has 2 rings (SSSR count). The molecule has 0 bridgehead atoms. The summed E-state index contributed by atoms with van der Waals surface area (Å²) in [6, 6.07) is 5.21. The van der Waals surface area contributed by atoms with Crippen LogP contribution in [0.4, 0.5) is 0 Å². The van der Waals surface area contributed by atoms with Crippen molar-refractivity contribution in [2.75, 3.05) is 33.9 Å². The van der Waals surface area contributed by atoms with Crippen LogP contribution < -0.4 is 20.1 Å². The van der Waals surface area contributed by atoms with Gasteiger partial charge in [0.05, 0.1) is 26.2 Å². The zero-order valence-electron chi connectivity index (χ0n) is 12.8. The van der Waals surface area contributed by atoms with Crippen LogP contribution in [0, 0.1) is 5.92 Å². The zero-order valence-corrected chi connectivity index (χ0v) is 13.6. The molecule has 0 saturated carbocycles. The average Bonchev–Trinajstić information content (AvgIpc) is 3.06. The molecule has 1 fully saturated rings. The Morgan fingerprint density at radius 3 is 2.82 bits per heavy atom. The van der Waals surface area contributed by atoms with E-state index in [2.05, 4.69) is 10.6 Å². The zero-order chi connectivity index (χ0) is 15.2. The highest BCUT2D eigenvalue weighted by molar-refractivity contribution is 5.85. The maximum atomic E-state index is 11.9. The first-order valence-corrected chi connectivity index (χ1v) is 7.04. The minimum Gasteiger partial charge on any atom is -0.497 e. The van der Waals surface area contributed by atoms with Crippen LogP contribution in [-0.2, 0) is 4.79 Å². The van der Waals surface area contributed by atoms with Crippen molar-refractivity contribution in [2.45, 2.75) is 12.5 Å². The van der Waals surface area contributed by atoms with Gasteiger partial charge in [0.1, 0.15) is 11.5 Å². The molecule has 2 unspecified atom stereocenters. The van der Waals surface area contributed by atoms with Crippen molar-refractivity contribution in [3.8, 4) is 11.5 Å². The number of aliphatic hydroxyl groups excluding tert-OH is 1. The summed E-state index contributed by atoms with van der Waals surface area (Å²) in [4.78, 5) is 11.9. The quantitative estimate of drug-likeness (QED) is 0.721. The van der Waals surface area contributed by atoms with Crippen molar-refractivity contribution >= 4 is 18.3 Å². The van der Waals surface area contributed by atoms with Crippen molar-refractivity contribution in [1.29, 1.82) is 0 Å². The Bertz CT molecular complexity index is 492. The smallest absolute Gasteiger partial charge is 0.224 e. The van der Waals surface area contributed by atoms with Crippen molar-refractivity contribution in [3.05, 3.63) is 23.8 Å². The predicted molar refractivity (Wildman–Crippen MR) is 85.7 cm³/mol. The third-order valence-corrected chi connectivity index (χ3v) is 3.70. The summed E-state index contributed by atoms with van der Waals surface area (Å²) >= 11 is 0. The molecule has 1 aromatic rings. The summed E-state index contributed by atoms with van der Waals surface area (Å²) in [7, 11) is 3.10. The maximum absolute atomic E-state index is 11.9. The third kappa shape index (κ3) is 4.50. The second-order valence-corrected chi connectivity index (χ2v) is 5.06. The van der Waals surface area contributed by atoms with Crippen molar-refractivity contribution in [3.63, 3.8) is 0 Å². The van der Waals surface area contributed by atoms with E-state index in [9.17, 15) is 9.90 Å². The molecule has 3 N–H and O–H groups in total. The third-order valence-electron chi connectivity index (χ3n) is 3.70. The van der Waals surface area contributed by atoms with E-state index in [0.29, 0.717) is 23.6 Å². The first-order valence-electron chi connectivity index (χ1n) is 7.04. The average molecular weight is 331 g/mol. The van der Waals surface area contributed by atoms with Crippen LogP contribution in [0.1, 0.15) is 18.1 Å². The fourth-order valence-corrected chi connectivity index (χ4v) is 2.43. The summed E-state index contributed by atoms with van der Waals surface area (Å²) in [5, 5.41) is 16.2. The predicted octanol–water partition coefficient (Wildman–Crippen LogP) is 0.885. The molecule has 1 saturated heterocycles. The normalized spacial score (nSPS) is 18.2. The van der Waals surface area contributed by atoms with Crippen molar-refractivity contribution in [2.24, 2.45) is 5.92 Å². The van der Waals surface area contributed by atoms with E-state index >= 15 is 0 Å². The molecule has 7 heteroatoms. The Balaban J connectivity index is 0.00000242. The van der Waals surface area contributed by atoms with Gasteiger partial charge in [0.25, 0.3) is 0 Å². The highest BCUT2D eigenvalue weighted by atomic mass is 35.5. The van der Waals surface area contributed by atoms with E-state index in [1.807, 2.05) is 0 Å². The topological polar surface area (TPSA) is 79.8 Å². The highest BCUT2D eigenvalue weighted by Gasteiger charge is 2.23. The lowest BCUT2D eigenvalue weighted by atomic mass is 10.1. The SMILES string of the molecule is COc1ccc(OC)c(C(O)CNC(=O)C2CCNC2)c1.Cl. The second-order valence-electron chi connectivity index (χ2n) is 5.06. The Morgan fingerprint density at radius 1 is 1.45 bits per heavy atom. The number of nitrogens with one attached hydrogen (secondary N) is 2. The number of hydrogen-bond acceptors (Lipinski definition) is 5. The molecule has 0 aromatic heterocycles. The van der Waals surface area contributed by atoms with Gasteiger partial charge in [-0.3, -0.25) is 4.79 Å². The Morgan fingerprint density at radius 2 is 2.23 bits per heavy atom. The molecule has 1 amide bonds. The Labute approximate surface area is 136 Å². The van der Waals surface area contributed by atoms with Gasteiger partial charge in [-0.15, -0.1) is 12.4 Å². The molecular formula is C15H23ClN2O4.